The van der Waals surface area contributed by atoms with E-state index in [9.17, 15) is 22.8 Å². The van der Waals surface area contributed by atoms with Crippen molar-refractivity contribution in [1.29, 1.82) is 0 Å². The molecule has 6 nitrogen and oxygen atoms in total. The van der Waals surface area contributed by atoms with E-state index in [1.807, 2.05) is 0 Å². The first kappa shape index (κ1) is 17.5. The molecule has 0 spiro atoms. The third-order valence-electron chi connectivity index (χ3n) is 3.23. The van der Waals surface area contributed by atoms with Gasteiger partial charge in [0.2, 0.25) is 0 Å². The van der Waals surface area contributed by atoms with Crippen LogP contribution in [0.4, 0.5) is 13.2 Å². The largest absolute Gasteiger partial charge is 0.480 e. The summed E-state index contributed by atoms with van der Waals surface area (Å²) in [5.74, 6) is -2.39. The van der Waals surface area contributed by atoms with E-state index in [0.29, 0.717) is 9.58 Å². The van der Waals surface area contributed by atoms with E-state index < -0.39 is 35.9 Å². The zero-order valence-corrected chi connectivity index (χ0v) is 12.8. The summed E-state index contributed by atoms with van der Waals surface area (Å²) in [4.78, 5) is 23.5. The lowest BCUT2D eigenvalue weighted by molar-refractivity contribution is -0.143. The Hall–Kier alpha value is -2.84. The second-order valence-corrected chi connectivity index (χ2v) is 5.21. The normalized spacial score (nSPS) is 11.4. The molecule has 0 unspecified atom stereocenters. The minimum Gasteiger partial charge on any atom is -0.480 e. The molecule has 0 fully saturated rings. The van der Waals surface area contributed by atoms with Gasteiger partial charge in [-0.15, -0.1) is 0 Å². The summed E-state index contributed by atoms with van der Waals surface area (Å²) >= 11 is 0. The quantitative estimate of drug-likeness (QED) is 0.926. The number of alkyl halides is 3. The van der Waals surface area contributed by atoms with Gasteiger partial charge in [-0.05, 0) is 24.6 Å². The first-order valence-electron chi connectivity index (χ1n) is 6.80. The summed E-state index contributed by atoms with van der Waals surface area (Å²) in [6.07, 6.45) is -4.04. The average Bonchev–Trinajstić information content (AvgIpc) is 2.90. The third kappa shape index (κ3) is 3.55. The number of likely N-dealkylation sites (N-methyl/N-ethyl adjacent to an activating group) is 1. The number of carbonyl (C=O) groups excluding carboxylic acids is 1. The molecule has 1 N–H and O–H groups in total. The standard InChI is InChI=1S/C15H14F3N3O3/c1-9-4-3-5-10(6-9)21-13(15(16,17)18)11(7-19-21)14(24)20(2)8-12(22)23/h3-7H,8H2,1-2H3,(H,22,23). The Bertz CT molecular complexity index is 784. The summed E-state index contributed by atoms with van der Waals surface area (Å²) in [5.41, 5.74) is -1.06. The molecule has 0 aliphatic carbocycles. The fraction of sp³-hybridized carbons (Fsp3) is 0.267. The first-order chi connectivity index (χ1) is 11.1. The zero-order valence-electron chi connectivity index (χ0n) is 12.8. The molecule has 128 valence electrons. The van der Waals surface area contributed by atoms with Gasteiger partial charge >= 0.3 is 12.1 Å². The highest BCUT2D eigenvalue weighted by Gasteiger charge is 2.41. The number of carbonyl (C=O) groups is 2. The number of halogens is 3. The van der Waals surface area contributed by atoms with Gasteiger partial charge < -0.3 is 10.0 Å². The van der Waals surface area contributed by atoms with E-state index in [2.05, 4.69) is 5.10 Å². The van der Waals surface area contributed by atoms with Crippen molar-refractivity contribution >= 4 is 11.9 Å². The highest BCUT2D eigenvalue weighted by atomic mass is 19.4. The van der Waals surface area contributed by atoms with Gasteiger partial charge in [0, 0.05) is 7.05 Å². The molecule has 0 aliphatic heterocycles. The van der Waals surface area contributed by atoms with Gasteiger partial charge in [0.1, 0.15) is 6.54 Å². The van der Waals surface area contributed by atoms with E-state index in [4.69, 9.17) is 5.11 Å². The van der Waals surface area contributed by atoms with Gasteiger partial charge in [-0.3, -0.25) is 9.59 Å². The first-order valence-corrected chi connectivity index (χ1v) is 6.80. The Kier molecular flexibility index (Phi) is 4.63. The molecule has 0 saturated carbocycles. The molecule has 2 rings (SSSR count). The Balaban J connectivity index is 2.55. The number of aromatic nitrogens is 2. The highest BCUT2D eigenvalue weighted by Crippen LogP contribution is 2.34. The summed E-state index contributed by atoms with van der Waals surface area (Å²) in [5, 5.41) is 12.4. The summed E-state index contributed by atoms with van der Waals surface area (Å²) in [7, 11) is 1.11. The lowest BCUT2D eigenvalue weighted by Gasteiger charge is -2.17. The van der Waals surface area contributed by atoms with Crippen molar-refractivity contribution in [2.45, 2.75) is 13.1 Å². The van der Waals surface area contributed by atoms with Crippen molar-refractivity contribution in [2.75, 3.05) is 13.6 Å². The number of carboxylic acid groups (broad SMARTS) is 1. The molecular formula is C15H14F3N3O3. The van der Waals surface area contributed by atoms with Gasteiger partial charge in [-0.2, -0.15) is 18.3 Å². The Morgan fingerprint density at radius 2 is 2.00 bits per heavy atom. The van der Waals surface area contributed by atoms with E-state index in [1.165, 1.54) is 12.1 Å². The zero-order chi connectivity index (χ0) is 18.1. The third-order valence-corrected chi connectivity index (χ3v) is 3.23. The van der Waals surface area contributed by atoms with Crippen molar-refractivity contribution in [3.05, 3.63) is 47.3 Å². The van der Waals surface area contributed by atoms with Crippen LogP contribution < -0.4 is 0 Å². The summed E-state index contributed by atoms with van der Waals surface area (Å²) < 4.78 is 41.0. The van der Waals surface area contributed by atoms with Gasteiger partial charge in [-0.1, -0.05) is 12.1 Å². The van der Waals surface area contributed by atoms with Crippen molar-refractivity contribution in [3.63, 3.8) is 0 Å². The van der Waals surface area contributed by atoms with Crippen LogP contribution in [-0.2, 0) is 11.0 Å². The maximum absolute atomic E-state index is 13.5. The van der Waals surface area contributed by atoms with Crippen LogP contribution in [-0.4, -0.2) is 45.3 Å². The lowest BCUT2D eigenvalue weighted by Crippen LogP contribution is -2.33. The average molecular weight is 341 g/mol. The van der Waals surface area contributed by atoms with Crippen molar-refractivity contribution < 1.29 is 27.9 Å². The van der Waals surface area contributed by atoms with Gasteiger partial charge in [0.25, 0.3) is 5.91 Å². The topological polar surface area (TPSA) is 75.4 Å². The number of carboxylic acids is 1. The minimum atomic E-state index is -4.84. The highest BCUT2D eigenvalue weighted by molar-refractivity contribution is 5.96. The van der Waals surface area contributed by atoms with Gasteiger partial charge in [-0.25, -0.2) is 4.68 Å². The lowest BCUT2D eigenvalue weighted by atomic mass is 10.2. The number of hydrogen-bond acceptors (Lipinski definition) is 3. The Labute approximate surface area is 135 Å². The molecular weight excluding hydrogens is 327 g/mol. The second kappa shape index (κ2) is 6.34. The molecule has 9 heteroatoms. The molecule has 0 atom stereocenters. The fourth-order valence-electron chi connectivity index (χ4n) is 2.21. The minimum absolute atomic E-state index is 0.155. The van der Waals surface area contributed by atoms with E-state index in [-0.39, 0.29) is 5.69 Å². The maximum atomic E-state index is 13.5. The second-order valence-electron chi connectivity index (χ2n) is 5.21. The molecule has 0 saturated heterocycles. The molecule has 24 heavy (non-hydrogen) atoms. The monoisotopic (exact) mass is 341 g/mol. The molecule has 2 aromatic rings. The Morgan fingerprint density at radius 3 is 2.54 bits per heavy atom. The SMILES string of the molecule is Cc1cccc(-n2ncc(C(=O)N(C)CC(=O)O)c2C(F)(F)F)c1. The van der Waals surface area contributed by atoms with Crippen molar-refractivity contribution in [1.82, 2.24) is 14.7 Å². The number of aryl methyl sites for hydroxylation is 1. The summed E-state index contributed by atoms with van der Waals surface area (Å²) in [6.45, 7) is 0.999. The number of rotatable bonds is 4. The predicted octanol–water partition coefficient (Wildman–Crippen LogP) is 2.36. The van der Waals surface area contributed by atoms with Crippen molar-refractivity contribution in [3.8, 4) is 5.69 Å². The number of benzene rings is 1. The smallest absolute Gasteiger partial charge is 0.434 e. The molecule has 0 radical (unpaired) electrons. The van der Waals surface area contributed by atoms with Crippen LogP contribution in [0.15, 0.2) is 30.5 Å². The number of nitrogens with zero attached hydrogens (tertiary/aromatic N) is 3. The van der Waals surface area contributed by atoms with Crippen LogP contribution in [0.25, 0.3) is 5.69 Å². The molecule has 1 aromatic heterocycles. The molecule has 1 amide bonds. The number of hydrogen-bond donors (Lipinski definition) is 1. The van der Waals surface area contributed by atoms with Crippen LogP contribution in [0.2, 0.25) is 0 Å². The molecule has 0 bridgehead atoms. The van der Waals surface area contributed by atoms with Crippen LogP contribution >= 0.6 is 0 Å². The number of amides is 1. The summed E-state index contributed by atoms with van der Waals surface area (Å²) in [6, 6.07) is 6.22. The van der Waals surface area contributed by atoms with Crippen LogP contribution in [0.5, 0.6) is 0 Å². The predicted molar refractivity (Wildman–Crippen MR) is 77.9 cm³/mol. The van der Waals surface area contributed by atoms with E-state index >= 15 is 0 Å². The van der Waals surface area contributed by atoms with E-state index in [0.717, 1.165) is 18.8 Å². The van der Waals surface area contributed by atoms with Gasteiger partial charge in [0.05, 0.1) is 17.4 Å². The van der Waals surface area contributed by atoms with Crippen LogP contribution in [0, 0.1) is 6.92 Å². The fourth-order valence-corrected chi connectivity index (χ4v) is 2.21. The van der Waals surface area contributed by atoms with Crippen LogP contribution in [0.3, 0.4) is 0 Å². The molecule has 1 aromatic carbocycles. The van der Waals surface area contributed by atoms with Gasteiger partial charge in [0.15, 0.2) is 5.69 Å². The van der Waals surface area contributed by atoms with E-state index in [1.54, 1.807) is 19.1 Å². The van der Waals surface area contributed by atoms with Crippen molar-refractivity contribution in [2.24, 2.45) is 0 Å². The molecule has 0 aliphatic rings. The maximum Gasteiger partial charge on any atom is 0.434 e. The van der Waals surface area contributed by atoms with Crippen LogP contribution in [0.1, 0.15) is 21.6 Å². The number of aliphatic carboxylic acids is 1. The Morgan fingerprint density at radius 1 is 1.33 bits per heavy atom. The molecule has 1 heterocycles.